The third-order valence-corrected chi connectivity index (χ3v) is 0. The third kappa shape index (κ3) is 535. The minimum absolute atomic E-state index is 0. The molecular formula is C2KO6Sc. The monoisotopic (exact) mass is 204 g/mol. The number of carbonyl (C=O) groups is 2. The first kappa shape index (κ1) is 22.5. The van der Waals surface area contributed by atoms with E-state index >= 15 is 0 Å². The Morgan fingerprint density at radius 1 is 0.800 bits per heavy atom. The van der Waals surface area contributed by atoms with Gasteiger partial charge >= 0.3 is 77.2 Å². The molecule has 0 N–H and O–H groups in total. The normalized spacial score (nSPS) is 4.80. The van der Waals surface area contributed by atoms with E-state index in [2.05, 4.69) is 0 Å². The average molecular weight is 204 g/mol. The second-order valence-corrected chi connectivity index (χ2v) is 0.500. The van der Waals surface area contributed by atoms with Crippen LogP contribution in [0.5, 0.6) is 0 Å². The van der Waals surface area contributed by atoms with Gasteiger partial charge in [0.05, 0.1) is 0 Å². The van der Waals surface area contributed by atoms with Gasteiger partial charge in [-0.2, -0.15) is 0 Å². The summed E-state index contributed by atoms with van der Waals surface area (Å²) in [6, 6.07) is 0. The van der Waals surface area contributed by atoms with Gasteiger partial charge in [0.2, 0.25) is 0 Å². The van der Waals surface area contributed by atoms with Gasteiger partial charge in [-0.25, -0.2) is 0 Å². The third-order valence-electron chi connectivity index (χ3n) is 0. The molecule has 6 nitrogen and oxygen atoms in total. The molecule has 10 heavy (non-hydrogen) atoms. The summed E-state index contributed by atoms with van der Waals surface area (Å²) in [4.78, 5) is 16.7. The van der Waals surface area contributed by atoms with Crippen LogP contribution in [0.3, 0.4) is 0 Å². The van der Waals surface area contributed by atoms with Crippen LogP contribution in [-0.2, 0) is 25.8 Å². The largest absolute Gasteiger partial charge is 3.00 e. The molecule has 0 radical (unpaired) electrons. The molecular weight excluding hydrogens is 204 g/mol. The molecule has 0 aromatic rings. The summed E-state index contributed by atoms with van der Waals surface area (Å²) in [7, 11) is 0. The molecule has 8 heteroatoms. The standard InChI is InChI=1S/2CH2O3.K.Sc/c2*2-1(3)4;;/h2*(H2,2,3,4);;/q;;+1;+3/p-4. The second-order valence-electron chi connectivity index (χ2n) is 0.500. The predicted octanol–water partition coefficient (Wildman–Crippen LogP) is -7.89. The van der Waals surface area contributed by atoms with Gasteiger partial charge < -0.3 is 30.0 Å². The average Bonchev–Trinajstić information content (AvgIpc) is 1.25. The molecule has 0 rings (SSSR count). The molecule has 0 heterocycles. The van der Waals surface area contributed by atoms with Gasteiger partial charge in [-0.1, -0.05) is 0 Å². The number of rotatable bonds is 0. The van der Waals surface area contributed by atoms with Crippen LogP contribution in [0.25, 0.3) is 0 Å². The first-order valence-corrected chi connectivity index (χ1v) is 1.22. The fourth-order valence-electron chi connectivity index (χ4n) is 0. The van der Waals surface area contributed by atoms with Crippen LogP contribution in [0, 0.1) is 0 Å². The molecule has 0 aromatic heterocycles. The maximum Gasteiger partial charge on any atom is 3.00 e. The molecule has 0 aliphatic rings. The first-order valence-electron chi connectivity index (χ1n) is 1.22. The molecule has 0 atom stereocenters. The van der Waals surface area contributed by atoms with Gasteiger partial charge in [0.15, 0.2) is 0 Å². The Morgan fingerprint density at radius 3 is 0.800 bits per heavy atom. The number of hydrogen-bond acceptors (Lipinski definition) is 6. The van der Waals surface area contributed by atoms with E-state index in [1.807, 2.05) is 0 Å². The van der Waals surface area contributed by atoms with Crippen molar-refractivity contribution in [3.8, 4) is 0 Å². The van der Waals surface area contributed by atoms with Crippen molar-refractivity contribution in [1.29, 1.82) is 0 Å². The summed E-state index contributed by atoms with van der Waals surface area (Å²) < 4.78 is 0. The van der Waals surface area contributed by atoms with Crippen LogP contribution in [0.1, 0.15) is 0 Å². The van der Waals surface area contributed by atoms with Gasteiger partial charge in [0.1, 0.15) is 0 Å². The fraction of sp³-hybridized carbons (Fsp3) is 0. The Morgan fingerprint density at radius 2 is 0.800 bits per heavy atom. The van der Waals surface area contributed by atoms with E-state index < -0.39 is 12.3 Å². The van der Waals surface area contributed by atoms with E-state index in [1.165, 1.54) is 0 Å². The van der Waals surface area contributed by atoms with Crippen LogP contribution >= 0.6 is 0 Å². The maximum absolute atomic E-state index is 8.33. The molecule has 0 aliphatic heterocycles. The number of carboxylic acid groups (broad SMARTS) is 4. The van der Waals surface area contributed by atoms with E-state index in [-0.39, 0.29) is 77.2 Å². The second kappa shape index (κ2) is 16.6. The van der Waals surface area contributed by atoms with Crippen molar-refractivity contribution in [2.24, 2.45) is 0 Å². The topological polar surface area (TPSA) is 126 Å². The smallest absolute Gasteiger partial charge is 0.652 e. The van der Waals surface area contributed by atoms with Gasteiger partial charge in [0, 0.05) is 0 Å². The van der Waals surface area contributed by atoms with Gasteiger partial charge in [-0.3, -0.25) is 0 Å². The van der Waals surface area contributed by atoms with Crippen molar-refractivity contribution in [3.63, 3.8) is 0 Å². The Balaban J connectivity index is -0.0000000300. The zero-order chi connectivity index (χ0) is 7.15. The molecule has 0 saturated heterocycles. The van der Waals surface area contributed by atoms with Gasteiger partial charge in [-0.15, -0.1) is 0 Å². The molecule has 0 saturated carbocycles. The van der Waals surface area contributed by atoms with Crippen molar-refractivity contribution in [3.05, 3.63) is 0 Å². The maximum atomic E-state index is 8.33. The number of carbonyl (C=O) groups excluding carboxylic acids is 2. The van der Waals surface area contributed by atoms with E-state index in [9.17, 15) is 0 Å². The summed E-state index contributed by atoms with van der Waals surface area (Å²) in [5, 5.41) is 33.3. The van der Waals surface area contributed by atoms with Crippen molar-refractivity contribution in [2.45, 2.75) is 0 Å². The van der Waals surface area contributed by atoms with Crippen molar-refractivity contribution in [1.82, 2.24) is 0 Å². The zero-order valence-electron chi connectivity index (χ0n) is 5.03. The van der Waals surface area contributed by atoms with Crippen LogP contribution in [0.15, 0.2) is 0 Å². The van der Waals surface area contributed by atoms with Crippen molar-refractivity contribution >= 4 is 12.3 Å². The van der Waals surface area contributed by atoms with Crippen molar-refractivity contribution < 1.29 is 107 Å². The van der Waals surface area contributed by atoms with Gasteiger partial charge in [-0.05, 0) is 12.3 Å². The molecule has 0 amide bonds. The first-order chi connectivity index (χ1) is 3.46. The van der Waals surface area contributed by atoms with Crippen LogP contribution < -0.4 is 71.8 Å². The predicted molar refractivity (Wildman–Crippen MR) is 10.8 cm³/mol. The summed E-state index contributed by atoms with van der Waals surface area (Å²) in [5.41, 5.74) is 0. The summed E-state index contributed by atoms with van der Waals surface area (Å²) in [6.07, 6.45) is -4.67. The molecule has 0 aromatic carbocycles. The van der Waals surface area contributed by atoms with Crippen LogP contribution in [0.4, 0.5) is 9.59 Å². The van der Waals surface area contributed by atoms with E-state index in [1.54, 1.807) is 0 Å². The van der Waals surface area contributed by atoms with E-state index in [0.717, 1.165) is 0 Å². The SMILES string of the molecule is O=C([O-])[O-].O=C([O-])[O-].[K+].[Sc+3]. The summed E-state index contributed by atoms with van der Waals surface area (Å²) in [6.45, 7) is 0. The quantitative estimate of drug-likeness (QED) is 0.360. The molecule has 0 bridgehead atoms. The van der Waals surface area contributed by atoms with Crippen molar-refractivity contribution in [2.75, 3.05) is 0 Å². The molecule has 0 spiro atoms. The van der Waals surface area contributed by atoms with E-state index in [0.29, 0.717) is 0 Å². The zero-order valence-corrected chi connectivity index (χ0v) is 9.95. The molecule has 0 aliphatic carbocycles. The van der Waals surface area contributed by atoms with Crippen LogP contribution in [-0.4, -0.2) is 12.3 Å². The molecule has 0 unspecified atom stereocenters. The number of hydrogen-bond donors (Lipinski definition) is 0. The summed E-state index contributed by atoms with van der Waals surface area (Å²) in [5.74, 6) is 0. The van der Waals surface area contributed by atoms with Crippen LogP contribution in [0.2, 0.25) is 0 Å². The van der Waals surface area contributed by atoms with Gasteiger partial charge in [0.25, 0.3) is 0 Å². The Bertz CT molecular complexity index is 73.7. The molecule has 0 fully saturated rings. The molecule has 48 valence electrons. The minimum atomic E-state index is -2.33. The minimum Gasteiger partial charge on any atom is -0.652 e. The Kier molecular flexibility index (Phi) is 37.2. The van der Waals surface area contributed by atoms with E-state index in [4.69, 9.17) is 30.0 Å². The Hall–Kier alpha value is 1.05. The summed E-state index contributed by atoms with van der Waals surface area (Å²) >= 11 is 0. The Labute approximate surface area is 117 Å². The fourth-order valence-corrected chi connectivity index (χ4v) is 0.